The molecule has 0 unspecified atom stereocenters. The van der Waals surface area contributed by atoms with Crippen molar-refractivity contribution in [3.05, 3.63) is 48.1 Å². The Balaban J connectivity index is 2.87. The molecule has 0 spiro atoms. The Bertz CT molecular complexity index is 910. The Morgan fingerprint density at radius 1 is 1.00 bits per heavy atom. The Morgan fingerprint density at radius 3 is 2.39 bits per heavy atom. The van der Waals surface area contributed by atoms with E-state index in [1.807, 2.05) is 12.2 Å². The number of hydrogen-bond donors (Lipinski definition) is 0. The standard InChI is InChI=1S/C27H36O9/c1-20(28)34-19-10-8-6-5-7-9-17-27(36-22(3)30)18-16-25(31)24(27)13-11-12-23(35-21(2)29)14-15-26(32)33-4/h7,9,11-13,16,18,23H,5-6,8,10,14-15,17,19H2,1-4H3/b9-7-,12-11-,24-13?/t23-,27-/m0/s1. The van der Waals surface area contributed by atoms with Crippen LogP contribution in [0.4, 0.5) is 0 Å². The highest BCUT2D eigenvalue weighted by atomic mass is 16.6. The molecule has 1 rings (SSSR count). The monoisotopic (exact) mass is 504 g/mol. The van der Waals surface area contributed by atoms with E-state index in [4.69, 9.17) is 14.2 Å². The third-order valence-corrected chi connectivity index (χ3v) is 5.23. The van der Waals surface area contributed by atoms with E-state index in [2.05, 4.69) is 4.74 Å². The first-order chi connectivity index (χ1) is 17.1. The molecular formula is C27H36O9. The molecule has 0 aromatic carbocycles. The van der Waals surface area contributed by atoms with E-state index in [0.717, 1.165) is 25.7 Å². The van der Waals surface area contributed by atoms with Crippen molar-refractivity contribution in [1.29, 1.82) is 0 Å². The molecule has 0 radical (unpaired) electrons. The largest absolute Gasteiger partial charge is 0.469 e. The molecule has 1 aliphatic rings. The van der Waals surface area contributed by atoms with Crippen molar-refractivity contribution in [2.75, 3.05) is 13.7 Å². The minimum Gasteiger partial charge on any atom is -0.469 e. The summed E-state index contributed by atoms with van der Waals surface area (Å²) in [5, 5.41) is 0. The van der Waals surface area contributed by atoms with E-state index in [9.17, 15) is 24.0 Å². The van der Waals surface area contributed by atoms with Crippen molar-refractivity contribution < 1.29 is 42.9 Å². The Labute approximate surface area is 212 Å². The first-order valence-corrected chi connectivity index (χ1v) is 11.9. The fourth-order valence-electron chi connectivity index (χ4n) is 3.57. The third kappa shape index (κ3) is 11.8. The molecule has 0 saturated carbocycles. The molecule has 0 aromatic heterocycles. The number of unbranched alkanes of at least 4 members (excludes halogenated alkanes) is 3. The van der Waals surface area contributed by atoms with Gasteiger partial charge in [-0.25, -0.2) is 0 Å². The molecule has 1 aliphatic carbocycles. The molecule has 0 bridgehead atoms. The highest BCUT2D eigenvalue weighted by Crippen LogP contribution is 2.34. The lowest BCUT2D eigenvalue weighted by Crippen LogP contribution is -2.33. The van der Waals surface area contributed by atoms with Crippen LogP contribution in [0, 0.1) is 0 Å². The van der Waals surface area contributed by atoms with Crippen molar-refractivity contribution >= 4 is 29.7 Å². The maximum atomic E-state index is 12.6. The highest BCUT2D eigenvalue weighted by Gasteiger charge is 2.41. The first kappa shape index (κ1) is 30.5. The van der Waals surface area contributed by atoms with Crippen molar-refractivity contribution in [2.45, 2.75) is 77.4 Å². The molecule has 0 aliphatic heterocycles. The molecular weight excluding hydrogens is 468 g/mol. The van der Waals surface area contributed by atoms with Crippen molar-refractivity contribution in [1.82, 2.24) is 0 Å². The second kappa shape index (κ2) is 16.2. The smallest absolute Gasteiger partial charge is 0.305 e. The predicted molar refractivity (Wildman–Crippen MR) is 132 cm³/mol. The van der Waals surface area contributed by atoms with Crippen LogP contribution in [0.15, 0.2) is 48.1 Å². The van der Waals surface area contributed by atoms with Crippen LogP contribution in [0.25, 0.3) is 0 Å². The number of esters is 4. The summed E-state index contributed by atoms with van der Waals surface area (Å²) >= 11 is 0. The van der Waals surface area contributed by atoms with Crippen molar-refractivity contribution in [3.63, 3.8) is 0 Å². The minimum atomic E-state index is -1.23. The van der Waals surface area contributed by atoms with Crippen LogP contribution in [0.3, 0.4) is 0 Å². The maximum absolute atomic E-state index is 12.6. The molecule has 0 amide bonds. The fraction of sp³-hybridized carbons (Fsp3) is 0.519. The Hall–Kier alpha value is -3.49. The number of methoxy groups -OCH3 is 1. The van der Waals surface area contributed by atoms with E-state index in [-0.39, 0.29) is 36.6 Å². The zero-order chi connectivity index (χ0) is 27.0. The first-order valence-electron chi connectivity index (χ1n) is 11.9. The molecule has 0 heterocycles. The van der Waals surface area contributed by atoms with Gasteiger partial charge in [-0.3, -0.25) is 24.0 Å². The van der Waals surface area contributed by atoms with Crippen molar-refractivity contribution in [2.24, 2.45) is 0 Å². The summed E-state index contributed by atoms with van der Waals surface area (Å²) in [6.45, 7) is 4.33. The van der Waals surface area contributed by atoms with Gasteiger partial charge in [0.2, 0.25) is 0 Å². The average molecular weight is 505 g/mol. The van der Waals surface area contributed by atoms with Crippen LogP contribution in [0.5, 0.6) is 0 Å². The number of hydrogen-bond acceptors (Lipinski definition) is 9. The second-order valence-corrected chi connectivity index (χ2v) is 8.27. The van der Waals surface area contributed by atoms with Gasteiger partial charge < -0.3 is 18.9 Å². The number of ether oxygens (including phenoxy) is 4. The van der Waals surface area contributed by atoms with Gasteiger partial charge in [-0.15, -0.1) is 0 Å². The number of rotatable bonds is 15. The molecule has 0 aromatic rings. The number of carbonyl (C=O) groups is 5. The Kier molecular flexibility index (Phi) is 13.8. The lowest BCUT2D eigenvalue weighted by Gasteiger charge is -2.27. The van der Waals surface area contributed by atoms with Gasteiger partial charge in [-0.2, -0.15) is 0 Å². The minimum absolute atomic E-state index is 0.0573. The van der Waals surface area contributed by atoms with Crippen LogP contribution in [0.1, 0.15) is 65.7 Å². The molecule has 198 valence electrons. The number of allylic oxidation sites excluding steroid dienone is 4. The topological polar surface area (TPSA) is 122 Å². The van der Waals surface area contributed by atoms with E-state index in [1.165, 1.54) is 40.0 Å². The van der Waals surface area contributed by atoms with Gasteiger partial charge in [0.05, 0.1) is 13.7 Å². The molecule has 0 saturated heterocycles. The Morgan fingerprint density at radius 2 is 1.75 bits per heavy atom. The molecule has 9 heteroatoms. The molecule has 9 nitrogen and oxygen atoms in total. The van der Waals surface area contributed by atoms with Crippen LogP contribution < -0.4 is 0 Å². The molecule has 0 N–H and O–H groups in total. The van der Waals surface area contributed by atoms with Gasteiger partial charge in [0, 0.05) is 39.2 Å². The maximum Gasteiger partial charge on any atom is 0.305 e. The number of carbonyl (C=O) groups excluding carboxylic acids is 5. The lowest BCUT2D eigenvalue weighted by molar-refractivity contribution is -0.149. The highest BCUT2D eigenvalue weighted by molar-refractivity contribution is 6.09. The van der Waals surface area contributed by atoms with E-state index < -0.39 is 29.6 Å². The fourth-order valence-corrected chi connectivity index (χ4v) is 3.57. The lowest BCUT2D eigenvalue weighted by atomic mass is 9.91. The van der Waals surface area contributed by atoms with E-state index in [1.54, 1.807) is 18.2 Å². The summed E-state index contributed by atoms with van der Waals surface area (Å²) in [7, 11) is 1.27. The normalized spacial score (nSPS) is 19.1. The summed E-state index contributed by atoms with van der Waals surface area (Å²) in [5.41, 5.74) is -0.961. The predicted octanol–water partition coefficient (Wildman–Crippen LogP) is 3.86. The summed E-state index contributed by atoms with van der Waals surface area (Å²) in [6, 6.07) is 0. The van der Waals surface area contributed by atoms with E-state index in [0.29, 0.717) is 6.61 Å². The third-order valence-electron chi connectivity index (χ3n) is 5.23. The quantitative estimate of drug-likeness (QED) is 0.108. The van der Waals surface area contributed by atoms with Gasteiger partial charge in [0.1, 0.15) is 6.10 Å². The average Bonchev–Trinajstić information content (AvgIpc) is 3.10. The van der Waals surface area contributed by atoms with Gasteiger partial charge in [0.15, 0.2) is 11.4 Å². The van der Waals surface area contributed by atoms with Crippen LogP contribution in [-0.2, 0) is 42.9 Å². The molecule has 2 atom stereocenters. The van der Waals surface area contributed by atoms with Crippen LogP contribution >= 0.6 is 0 Å². The van der Waals surface area contributed by atoms with Gasteiger partial charge in [-0.1, -0.05) is 24.3 Å². The summed E-state index contributed by atoms with van der Waals surface area (Å²) in [4.78, 5) is 58.0. The van der Waals surface area contributed by atoms with Crippen molar-refractivity contribution in [3.8, 4) is 0 Å². The SMILES string of the molecule is COC(=O)CC[C@H](/C=C\C=C1C(=O)C=C[C@]1(C/C=C\CCCCCOC(C)=O)OC(C)=O)OC(C)=O. The molecule has 0 fully saturated rings. The second-order valence-electron chi connectivity index (χ2n) is 8.27. The summed E-state index contributed by atoms with van der Waals surface area (Å²) < 4.78 is 20.3. The van der Waals surface area contributed by atoms with Gasteiger partial charge in [0.25, 0.3) is 0 Å². The summed E-state index contributed by atoms with van der Waals surface area (Å²) in [6.07, 6.45) is 14.7. The van der Waals surface area contributed by atoms with Crippen LogP contribution in [0.2, 0.25) is 0 Å². The molecule has 36 heavy (non-hydrogen) atoms. The van der Waals surface area contributed by atoms with E-state index >= 15 is 0 Å². The van der Waals surface area contributed by atoms with Gasteiger partial charge >= 0.3 is 23.9 Å². The van der Waals surface area contributed by atoms with Crippen LogP contribution in [-0.4, -0.2) is 55.1 Å². The summed E-state index contributed by atoms with van der Waals surface area (Å²) in [5.74, 6) is -2.05. The number of ketones is 1. The zero-order valence-corrected chi connectivity index (χ0v) is 21.4. The van der Waals surface area contributed by atoms with Gasteiger partial charge in [-0.05, 0) is 50.3 Å². The zero-order valence-electron chi connectivity index (χ0n) is 21.4.